The number of hydrogen-bond acceptors (Lipinski definition) is 4. The molecule has 1 fully saturated rings. The molecule has 1 aromatic rings. The van der Waals surface area contributed by atoms with Crippen molar-refractivity contribution in [3.63, 3.8) is 0 Å². The molecule has 0 spiro atoms. The molecule has 2 rings (SSSR count). The number of benzene rings is 1. The molecule has 1 aliphatic rings. The molecule has 0 radical (unpaired) electrons. The number of methoxy groups -OCH3 is 2. The second kappa shape index (κ2) is 6.46. The maximum absolute atomic E-state index is 6.02. The molecule has 20 heavy (non-hydrogen) atoms. The second-order valence-electron chi connectivity index (χ2n) is 5.64. The van der Waals surface area contributed by atoms with Gasteiger partial charge in [0.15, 0.2) is 11.5 Å². The zero-order valence-electron chi connectivity index (χ0n) is 12.9. The van der Waals surface area contributed by atoms with Gasteiger partial charge in [-0.2, -0.15) is 0 Å². The first-order valence-corrected chi connectivity index (χ1v) is 7.12. The minimum absolute atomic E-state index is 0.120. The van der Waals surface area contributed by atoms with E-state index >= 15 is 0 Å². The fourth-order valence-corrected chi connectivity index (χ4v) is 2.92. The summed E-state index contributed by atoms with van der Waals surface area (Å²) in [5.41, 5.74) is 1.09. The molecule has 1 aromatic carbocycles. The molecule has 2 unspecified atom stereocenters. The van der Waals surface area contributed by atoms with Gasteiger partial charge in [-0.15, -0.1) is 0 Å². The van der Waals surface area contributed by atoms with Crippen molar-refractivity contribution in [2.75, 3.05) is 27.9 Å². The molecule has 1 N–H and O–H groups in total. The summed E-state index contributed by atoms with van der Waals surface area (Å²) in [7, 11) is 5.34. The number of nitrogens with one attached hydrogen (secondary N) is 1. The zero-order valence-corrected chi connectivity index (χ0v) is 12.9. The monoisotopic (exact) mass is 279 g/mol. The highest BCUT2D eigenvalue weighted by Gasteiger charge is 2.33. The van der Waals surface area contributed by atoms with Crippen molar-refractivity contribution in [2.24, 2.45) is 0 Å². The fraction of sp³-hybridized carbons (Fsp3) is 0.625. The van der Waals surface area contributed by atoms with Gasteiger partial charge in [-0.1, -0.05) is 6.07 Å². The maximum Gasteiger partial charge on any atom is 0.160 e. The van der Waals surface area contributed by atoms with Crippen LogP contribution in [0.25, 0.3) is 0 Å². The van der Waals surface area contributed by atoms with Crippen LogP contribution in [0, 0.1) is 0 Å². The van der Waals surface area contributed by atoms with Crippen LogP contribution in [-0.2, 0) is 11.2 Å². The van der Waals surface area contributed by atoms with Crippen LogP contribution >= 0.6 is 0 Å². The number of ether oxygens (including phenoxy) is 3. The first-order valence-electron chi connectivity index (χ1n) is 7.12. The predicted molar refractivity (Wildman–Crippen MR) is 79.7 cm³/mol. The molecule has 1 heterocycles. The van der Waals surface area contributed by atoms with Crippen LogP contribution in [0.5, 0.6) is 11.5 Å². The summed E-state index contributed by atoms with van der Waals surface area (Å²) in [4.78, 5) is 0. The molecule has 4 heteroatoms. The lowest BCUT2D eigenvalue weighted by molar-refractivity contribution is -0.0744. The van der Waals surface area contributed by atoms with Crippen LogP contribution < -0.4 is 14.8 Å². The van der Waals surface area contributed by atoms with Crippen molar-refractivity contribution in [3.05, 3.63) is 23.8 Å². The van der Waals surface area contributed by atoms with E-state index in [9.17, 15) is 0 Å². The van der Waals surface area contributed by atoms with Crippen LogP contribution in [-0.4, -0.2) is 39.5 Å². The van der Waals surface area contributed by atoms with Gasteiger partial charge in [0.25, 0.3) is 0 Å². The minimum atomic E-state index is -0.120. The third kappa shape index (κ3) is 3.44. The standard InChI is InChI=1S/C16H25NO3/c1-16(11-13(17-2)7-8-20-16)10-12-5-6-14(18-3)15(9-12)19-4/h5-6,9,13,17H,7-8,10-11H2,1-4H3. The summed E-state index contributed by atoms with van der Waals surface area (Å²) in [5, 5.41) is 3.36. The lowest BCUT2D eigenvalue weighted by Crippen LogP contribution is -2.45. The van der Waals surface area contributed by atoms with Crippen LogP contribution in [0.4, 0.5) is 0 Å². The van der Waals surface area contributed by atoms with E-state index < -0.39 is 0 Å². The highest BCUT2D eigenvalue weighted by molar-refractivity contribution is 5.43. The molecule has 0 saturated carbocycles. The average Bonchev–Trinajstić information content (AvgIpc) is 2.46. The molecular weight excluding hydrogens is 254 g/mol. The molecule has 0 aromatic heterocycles. The average molecular weight is 279 g/mol. The molecular formula is C16H25NO3. The lowest BCUT2D eigenvalue weighted by Gasteiger charge is -2.38. The topological polar surface area (TPSA) is 39.7 Å². The Hall–Kier alpha value is -1.26. The van der Waals surface area contributed by atoms with Gasteiger partial charge in [-0.05, 0) is 44.5 Å². The van der Waals surface area contributed by atoms with E-state index in [2.05, 4.69) is 18.3 Å². The van der Waals surface area contributed by atoms with Gasteiger partial charge in [0.05, 0.1) is 19.8 Å². The van der Waals surface area contributed by atoms with Crippen LogP contribution in [0.15, 0.2) is 18.2 Å². The Labute approximate surface area is 121 Å². The summed E-state index contributed by atoms with van der Waals surface area (Å²) in [6, 6.07) is 6.61. The Morgan fingerprint density at radius 3 is 2.70 bits per heavy atom. The Morgan fingerprint density at radius 1 is 1.30 bits per heavy atom. The molecule has 4 nitrogen and oxygen atoms in total. The van der Waals surface area contributed by atoms with E-state index in [-0.39, 0.29) is 5.60 Å². The highest BCUT2D eigenvalue weighted by Crippen LogP contribution is 2.32. The number of rotatable bonds is 5. The minimum Gasteiger partial charge on any atom is -0.493 e. The molecule has 1 aliphatic heterocycles. The zero-order chi connectivity index (χ0) is 14.6. The molecule has 0 amide bonds. The highest BCUT2D eigenvalue weighted by atomic mass is 16.5. The van der Waals surface area contributed by atoms with Crippen molar-refractivity contribution in [1.29, 1.82) is 0 Å². The fourth-order valence-electron chi connectivity index (χ4n) is 2.92. The van der Waals surface area contributed by atoms with Gasteiger partial charge in [-0.25, -0.2) is 0 Å². The van der Waals surface area contributed by atoms with Crippen LogP contribution in [0.2, 0.25) is 0 Å². The molecule has 0 aliphatic carbocycles. The van der Waals surface area contributed by atoms with Gasteiger partial charge in [0.1, 0.15) is 0 Å². The SMILES string of the molecule is CNC1CCOC(C)(Cc2ccc(OC)c(OC)c2)C1. The third-order valence-corrected chi connectivity index (χ3v) is 4.03. The van der Waals surface area contributed by atoms with Crippen molar-refractivity contribution in [3.8, 4) is 11.5 Å². The quantitative estimate of drug-likeness (QED) is 0.898. The first kappa shape index (κ1) is 15.1. The molecule has 1 saturated heterocycles. The molecule has 112 valence electrons. The Balaban J connectivity index is 2.12. The van der Waals surface area contributed by atoms with E-state index in [4.69, 9.17) is 14.2 Å². The molecule has 2 atom stereocenters. The Morgan fingerprint density at radius 2 is 2.05 bits per heavy atom. The second-order valence-corrected chi connectivity index (χ2v) is 5.64. The summed E-state index contributed by atoms with van der Waals surface area (Å²) in [6.07, 6.45) is 2.99. The van der Waals surface area contributed by atoms with Crippen LogP contribution in [0.3, 0.4) is 0 Å². The summed E-state index contributed by atoms with van der Waals surface area (Å²) >= 11 is 0. The van der Waals surface area contributed by atoms with Crippen molar-refractivity contribution in [2.45, 2.75) is 37.8 Å². The maximum atomic E-state index is 6.02. The number of hydrogen-bond donors (Lipinski definition) is 1. The predicted octanol–water partition coefficient (Wildman–Crippen LogP) is 2.40. The normalized spacial score (nSPS) is 26.3. The van der Waals surface area contributed by atoms with Gasteiger partial charge >= 0.3 is 0 Å². The van der Waals surface area contributed by atoms with E-state index in [1.54, 1.807) is 14.2 Å². The van der Waals surface area contributed by atoms with E-state index in [1.807, 2.05) is 19.2 Å². The van der Waals surface area contributed by atoms with Gasteiger partial charge in [0, 0.05) is 19.1 Å². The van der Waals surface area contributed by atoms with Gasteiger partial charge in [0.2, 0.25) is 0 Å². The van der Waals surface area contributed by atoms with Gasteiger partial charge < -0.3 is 19.5 Å². The van der Waals surface area contributed by atoms with Crippen molar-refractivity contribution in [1.82, 2.24) is 5.32 Å². The Bertz CT molecular complexity index is 449. The Kier molecular flexibility index (Phi) is 4.89. The van der Waals surface area contributed by atoms with Gasteiger partial charge in [-0.3, -0.25) is 0 Å². The largest absolute Gasteiger partial charge is 0.493 e. The first-order chi connectivity index (χ1) is 9.60. The summed E-state index contributed by atoms with van der Waals surface area (Å²) in [6.45, 7) is 3.00. The van der Waals surface area contributed by atoms with Crippen LogP contribution in [0.1, 0.15) is 25.3 Å². The third-order valence-electron chi connectivity index (χ3n) is 4.03. The van der Waals surface area contributed by atoms with E-state index in [0.29, 0.717) is 6.04 Å². The summed E-state index contributed by atoms with van der Waals surface area (Å²) in [5.74, 6) is 1.54. The van der Waals surface area contributed by atoms with E-state index in [0.717, 1.165) is 37.4 Å². The summed E-state index contributed by atoms with van der Waals surface area (Å²) < 4.78 is 16.7. The molecule has 0 bridgehead atoms. The van der Waals surface area contributed by atoms with Crippen molar-refractivity contribution < 1.29 is 14.2 Å². The smallest absolute Gasteiger partial charge is 0.160 e. The van der Waals surface area contributed by atoms with E-state index in [1.165, 1.54) is 5.56 Å². The lowest BCUT2D eigenvalue weighted by atomic mass is 9.86. The van der Waals surface area contributed by atoms with Crippen molar-refractivity contribution >= 4 is 0 Å².